The maximum absolute atomic E-state index is 12.1. The molecule has 1 N–H and O–H groups in total. The summed E-state index contributed by atoms with van der Waals surface area (Å²) in [6.45, 7) is 3.26. The maximum atomic E-state index is 12.1. The minimum atomic E-state index is -0.0802. The predicted octanol–water partition coefficient (Wildman–Crippen LogP) is 1.63. The number of nitrogens with zero attached hydrogens (tertiary/aromatic N) is 5. The number of carbonyl (C=O) groups excluding carboxylic acids is 1. The van der Waals surface area contributed by atoms with Gasteiger partial charge in [0, 0.05) is 19.7 Å². The van der Waals surface area contributed by atoms with Gasteiger partial charge in [-0.3, -0.25) is 4.79 Å². The largest absolute Gasteiger partial charge is 0.381 e. The number of hydrogen-bond donors (Lipinski definition) is 1. The lowest BCUT2D eigenvalue weighted by atomic mass is 10.1. The maximum Gasteiger partial charge on any atom is 0.250 e. The number of anilines is 2. The molecular weight excluding hydrogens is 320 g/mol. The molecule has 8 nitrogen and oxygen atoms in total. The van der Waals surface area contributed by atoms with Crippen molar-refractivity contribution in [2.75, 3.05) is 36.5 Å². The molecule has 0 aromatic carbocycles. The summed E-state index contributed by atoms with van der Waals surface area (Å²) >= 11 is 0. The average Bonchev–Trinajstić information content (AvgIpc) is 3.35. The molecule has 0 saturated carbocycles. The van der Waals surface area contributed by atoms with E-state index in [4.69, 9.17) is 4.74 Å². The predicted molar refractivity (Wildman–Crippen MR) is 92.8 cm³/mol. The Morgan fingerprint density at radius 2 is 1.96 bits per heavy atom. The molecule has 132 valence electrons. The van der Waals surface area contributed by atoms with Gasteiger partial charge in [0.1, 0.15) is 0 Å². The summed E-state index contributed by atoms with van der Waals surface area (Å²) in [7, 11) is 0. The van der Waals surface area contributed by atoms with Gasteiger partial charge in [0.05, 0.1) is 48.7 Å². The van der Waals surface area contributed by atoms with Gasteiger partial charge in [0.25, 0.3) is 5.95 Å². The highest BCUT2D eigenvalue weighted by Crippen LogP contribution is 2.19. The van der Waals surface area contributed by atoms with E-state index in [1.807, 2.05) is 12.4 Å². The number of carbonyl (C=O) groups is 1. The monoisotopic (exact) mass is 342 g/mol. The topological polar surface area (TPSA) is 85.2 Å². The van der Waals surface area contributed by atoms with Crippen LogP contribution >= 0.6 is 0 Å². The molecule has 2 aromatic heterocycles. The summed E-state index contributed by atoms with van der Waals surface area (Å²) in [6.07, 6.45) is 11.5. The van der Waals surface area contributed by atoms with Crippen molar-refractivity contribution in [1.29, 1.82) is 0 Å². The first kappa shape index (κ1) is 16.0. The van der Waals surface area contributed by atoms with Gasteiger partial charge < -0.3 is 15.0 Å². The van der Waals surface area contributed by atoms with Crippen LogP contribution in [0.4, 0.5) is 11.4 Å². The third kappa shape index (κ3) is 3.63. The van der Waals surface area contributed by atoms with E-state index >= 15 is 0 Å². The highest BCUT2D eigenvalue weighted by atomic mass is 16.5. The van der Waals surface area contributed by atoms with Crippen molar-refractivity contribution in [3.63, 3.8) is 0 Å². The molecule has 0 aliphatic carbocycles. The number of amides is 1. The first-order valence-electron chi connectivity index (χ1n) is 8.80. The zero-order valence-corrected chi connectivity index (χ0v) is 14.1. The Kier molecular flexibility index (Phi) is 4.60. The fraction of sp³-hybridized carbons (Fsp3) is 0.529. The van der Waals surface area contributed by atoms with E-state index in [9.17, 15) is 4.79 Å². The van der Waals surface area contributed by atoms with E-state index in [-0.39, 0.29) is 11.8 Å². The fourth-order valence-corrected chi connectivity index (χ4v) is 3.23. The van der Waals surface area contributed by atoms with Crippen LogP contribution in [-0.2, 0) is 9.53 Å². The van der Waals surface area contributed by atoms with Crippen molar-refractivity contribution in [2.45, 2.75) is 25.7 Å². The van der Waals surface area contributed by atoms with Crippen LogP contribution in [0.5, 0.6) is 0 Å². The summed E-state index contributed by atoms with van der Waals surface area (Å²) in [5.74, 6) is 0.382. The van der Waals surface area contributed by atoms with Crippen LogP contribution in [0, 0.1) is 5.92 Å². The Bertz CT molecular complexity index is 717. The molecule has 0 unspecified atom stereocenters. The highest BCUT2D eigenvalue weighted by molar-refractivity contribution is 5.92. The number of nitrogens with one attached hydrogen (secondary N) is 1. The minimum absolute atomic E-state index is 0.0292. The Hall–Kier alpha value is -2.48. The van der Waals surface area contributed by atoms with Crippen molar-refractivity contribution >= 4 is 17.3 Å². The lowest BCUT2D eigenvalue weighted by molar-refractivity contribution is -0.119. The molecule has 8 heteroatoms. The van der Waals surface area contributed by atoms with Crippen molar-refractivity contribution in [3.8, 4) is 5.95 Å². The molecule has 0 bridgehead atoms. The molecule has 4 rings (SSSR count). The third-order valence-electron chi connectivity index (χ3n) is 4.70. The van der Waals surface area contributed by atoms with Gasteiger partial charge >= 0.3 is 0 Å². The zero-order valence-electron chi connectivity index (χ0n) is 14.1. The molecule has 25 heavy (non-hydrogen) atoms. The Morgan fingerprint density at radius 1 is 1.16 bits per heavy atom. The smallest absolute Gasteiger partial charge is 0.250 e. The first-order valence-corrected chi connectivity index (χ1v) is 8.80. The Labute approximate surface area is 146 Å². The zero-order chi connectivity index (χ0) is 17.1. The number of hydrogen-bond acceptors (Lipinski definition) is 6. The van der Waals surface area contributed by atoms with Crippen molar-refractivity contribution in [3.05, 3.63) is 24.8 Å². The quantitative estimate of drug-likeness (QED) is 0.909. The summed E-state index contributed by atoms with van der Waals surface area (Å²) in [5, 5.41) is 7.11. The van der Waals surface area contributed by atoms with Crippen molar-refractivity contribution in [2.24, 2.45) is 5.92 Å². The van der Waals surface area contributed by atoms with Crippen molar-refractivity contribution in [1.82, 2.24) is 19.7 Å². The van der Waals surface area contributed by atoms with Gasteiger partial charge in [0.2, 0.25) is 5.91 Å². The van der Waals surface area contributed by atoms with Gasteiger partial charge in [-0.2, -0.15) is 5.10 Å². The van der Waals surface area contributed by atoms with Gasteiger partial charge in [-0.1, -0.05) is 0 Å². The van der Waals surface area contributed by atoms with E-state index in [1.54, 1.807) is 17.1 Å². The fourth-order valence-electron chi connectivity index (χ4n) is 3.23. The first-order chi connectivity index (χ1) is 12.3. The molecular formula is C17H22N6O2. The van der Waals surface area contributed by atoms with E-state index in [0.29, 0.717) is 24.8 Å². The van der Waals surface area contributed by atoms with Gasteiger partial charge in [0.15, 0.2) is 0 Å². The second-order valence-corrected chi connectivity index (χ2v) is 6.51. The van der Waals surface area contributed by atoms with E-state index in [1.165, 1.54) is 19.3 Å². The van der Waals surface area contributed by atoms with Crippen LogP contribution in [-0.4, -0.2) is 52.0 Å². The summed E-state index contributed by atoms with van der Waals surface area (Å²) in [5.41, 5.74) is 1.69. The number of aromatic nitrogens is 4. The molecule has 0 radical (unpaired) electrons. The molecule has 0 spiro atoms. The molecule has 2 aliphatic heterocycles. The van der Waals surface area contributed by atoms with E-state index < -0.39 is 0 Å². The van der Waals surface area contributed by atoms with Crippen LogP contribution in [0.15, 0.2) is 24.8 Å². The van der Waals surface area contributed by atoms with Crippen LogP contribution in [0.2, 0.25) is 0 Å². The molecule has 1 amide bonds. The molecule has 2 aliphatic rings. The number of rotatable bonds is 4. The average molecular weight is 342 g/mol. The van der Waals surface area contributed by atoms with Gasteiger partial charge in [-0.05, 0) is 25.7 Å². The SMILES string of the molecule is O=C(Nc1cnn(-c2ncc(N3CCCCC3)cn2)c1)[C@H]1CCOC1. The van der Waals surface area contributed by atoms with Crippen molar-refractivity contribution < 1.29 is 9.53 Å². The number of piperidine rings is 1. The normalized spacial score (nSPS) is 20.6. The van der Waals surface area contributed by atoms with Crippen LogP contribution < -0.4 is 10.2 Å². The lowest BCUT2D eigenvalue weighted by Crippen LogP contribution is -2.29. The molecule has 2 aromatic rings. The second kappa shape index (κ2) is 7.18. The van der Waals surface area contributed by atoms with Crippen LogP contribution in [0.25, 0.3) is 5.95 Å². The van der Waals surface area contributed by atoms with Crippen LogP contribution in [0.1, 0.15) is 25.7 Å². The lowest BCUT2D eigenvalue weighted by Gasteiger charge is -2.28. The molecule has 4 heterocycles. The summed E-state index contributed by atoms with van der Waals surface area (Å²) in [6, 6.07) is 0. The van der Waals surface area contributed by atoms with E-state index in [0.717, 1.165) is 25.2 Å². The number of ether oxygens (including phenoxy) is 1. The van der Waals surface area contributed by atoms with Gasteiger partial charge in [-0.25, -0.2) is 14.6 Å². The minimum Gasteiger partial charge on any atom is -0.381 e. The van der Waals surface area contributed by atoms with Crippen LogP contribution in [0.3, 0.4) is 0 Å². The molecule has 1 atom stereocenters. The summed E-state index contributed by atoms with van der Waals surface area (Å²) < 4.78 is 6.82. The summed E-state index contributed by atoms with van der Waals surface area (Å²) in [4.78, 5) is 23.2. The second-order valence-electron chi connectivity index (χ2n) is 6.51. The van der Waals surface area contributed by atoms with E-state index in [2.05, 4.69) is 25.3 Å². The Morgan fingerprint density at radius 3 is 2.68 bits per heavy atom. The highest BCUT2D eigenvalue weighted by Gasteiger charge is 2.23. The molecule has 2 fully saturated rings. The molecule has 2 saturated heterocycles. The van der Waals surface area contributed by atoms with Gasteiger partial charge in [-0.15, -0.1) is 0 Å². The Balaban J connectivity index is 1.41. The third-order valence-corrected chi connectivity index (χ3v) is 4.70. The standard InChI is InChI=1S/C17H22N6O2/c24-16(13-4-7-25-12-13)21-14-8-20-23(11-14)17-18-9-15(10-19-17)22-5-2-1-3-6-22/h8-11,13H,1-7,12H2,(H,21,24)/t13-/m0/s1.